The molecule has 3 heteroatoms. The molecule has 0 aromatic heterocycles. The Bertz CT molecular complexity index is 271. The second kappa shape index (κ2) is 4.52. The lowest BCUT2D eigenvalue weighted by Gasteiger charge is -2.44. The fraction of sp³-hybridized carbons (Fsp3) is 1.00. The highest BCUT2D eigenvalue weighted by molar-refractivity contribution is 5.02. The van der Waals surface area contributed by atoms with E-state index in [9.17, 15) is 0 Å². The summed E-state index contributed by atoms with van der Waals surface area (Å²) in [5.41, 5.74) is 5.74. The summed E-state index contributed by atoms with van der Waals surface area (Å²) in [6.07, 6.45) is 5.18. The SMILES string of the molecule is CC1(C)CC(N(CCN)C2CCC2)C(C)(C)O1. The molecule has 3 nitrogen and oxygen atoms in total. The Kier molecular flexibility index (Phi) is 3.54. The van der Waals surface area contributed by atoms with Gasteiger partial charge in [-0.25, -0.2) is 0 Å². The molecule has 0 radical (unpaired) electrons. The summed E-state index contributed by atoms with van der Waals surface area (Å²) in [4.78, 5) is 2.62. The van der Waals surface area contributed by atoms with Crippen LogP contribution in [-0.2, 0) is 4.74 Å². The van der Waals surface area contributed by atoms with Crippen LogP contribution >= 0.6 is 0 Å². The number of hydrogen-bond acceptors (Lipinski definition) is 3. The van der Waals surface area contributed by atoms with Crippen molar-refractivity contribution in [1.82, 2.24) is 4.90 Å². The summed E-state index contributed by atoms with van der Waals surface area (Å²) in [6.45, 7) is 10.6. The van der Waals surface area contributed by atoms with Crippen LogP contribution in [0.1, 0.15) is 53.4 Å². The van der Waals surface area contributed by atoms with Gasteiger partial charge in [0.1, 0.15) is 0 Å². The lowest BCUT2D eigenvalue weighted by molar-refractivity contribution is -0.0871. The van der Waals surface area contributed by atoms with Crippen LogP contribution in [0.3, 0.4) is 0 Å². The Morgan fingerprint density at radius 3 is 2.24 bits per heavy atom. The Morgan fingerprint density at radius 2 is 1.88 bits per heavy atom. The van der Waals surface area contributed by atoms with Gasteiger partial charge in [0.25, 0.3) is 0 Å². The molecule has 2 N–H and O–H groups in total. The van der Waals surface area contributed by atoms with Gasteiger partial charge in [0, 0.05) is 25.2 Å². The monoisotopic (exact) mass is 240 g/mol. The number of hydrogen-bond donors (Lipinski definition) is 1. The van der Waals surface area contributed by atoms with Crippen molar-refractivity contribution in [1.29, 1.82) is 0 Å². The standard InChI is InChI=1S/C14H28N2O/c1-13(2)10-12(14(3,4)17-13)16(9-8-15)11-6-5-7-11/h11-12H,5-10,15H2,1-4H3. The number of rotatable bonds is 4. The summed E-state index contributed by atoms with van der Waals surface area (Å²) in [6, 6.07) is 1.27. The van der Waals surface area contributed by atoms with Crippen molar-refractivity contribution in [3.63, 3.8) is 0 Å². The molecule has 1 saturated carbocycles. The largest absolute Gasteiger partial charge is 0.368 e. The van der Waals surface area contributed by atoms with E-state index in [1.165, 1.54) is 19.3 Å². The van der Waals surface area contributed by atoms with Crippen molar-refractivity contribution >= 4 is 0 Å². The van der Waals surface area contributed by atoms with Crippen molar-refractivity contribution in [2.24, 2.45) is 5.73 Å². The van der Waals surface area contributed by atoms with Crippen molar-refractivity contribution in [2.75, 3.05) is 13.1 Å². The Hall–Kier alpha value is -0.120. The fourth-order valence-electron chi connectivity index (χ4n) is 3.51. The van der Waals surface area contributed by atoms with Gasteiger partial charge < -0.3 is 10.5 Å². The van der Waals surface area contributed by atoms with Crippen LogP contribution in [0.5, 0.6) is 0 Å². The zero-order chi connectivity index (χ0) is 12.7. The molecule has 0 aromatic carbocycles. The minimum atomic E-state index is -0.0474. The van der Waals surface area contributed by atoms with Gasteiger partial charge >= 0.3 is 0 Å². The first-order valence-corrected chi connectivity index (χ1v) is 7.02. The summed E-state index contributed by atoms with van der Waals surface area (Å²) < 4.78 is 6.21. The van der Waals surface area contributed by atoms with Crippen LogP contribution in [0.25, 0.3) is 0 Å². The highest BCUT2D eigenvalue weighted by atomic mass is 16.5. The van der Waals surface area contributed by atoms with Crippen LogP contribution in [0.2, 0.25) is 0 Å². The smallest absolute Gasteiger partial charge is 0.0789 e. The first kappa shape index (κ1) is 13.3. The van der Waals surface area contributed by atoms with Crippen molar-refractivity contribution in [3.8, 4) is 0 Å². The van der Waals surface area contributed by atoms with Gasteiger partial charge in [0.2, 0.25) is 0 Å². The van der Waals surface area contributed by atoms with E-state index in [1.807, 2.05) is 0 Å². The second-order valence-corrected chi connectivity index (χ2v) is 6.80. The Labute approximate surface area is 106 Å². The van der Waals surface area contributed by atoms with E-state index in [4.69, 9.17) is 10.5 Å². The minimum absolute atomic E-state index is 0.00472. The highest BCUT2D eigenvalue weighted by Gasteiger charge is 2.49. The molecule has 1 aliphatic heterocycles. The van der Waals surface area contributed by atoms with E-state index < -0.39 is 0 Å². The molecule has 2 fully saturated rings. The molecule has 1 unspecified atom stereocenters. The van der Waals surface area contributed by atoms with Gasteiger partial charge in [-0.05, 0) is 47.0 Å². The van der Waals surface area contributed by atoms with Crippen LogP contribution in [0.4, 0.5) is 0 Å². The Morgan fingerprint density at radius 1 is 1.24 bits per heavy atom. The molecule has 1 atom stereocenters. The quantitative estimate of drug-likeness (QED) is 0.818. The number of nitrogens with two attached hydrogens (primary N) is 1. The van der Waals surface area contributed by atoms with Crippen LogP contribution in [0, 0.1) is 0 Å². The Balaban J connectivity index is 2.12. The zero-order valence-electron chi connectivity index (χ0n) is 11.8. The summed E-state index contributed by atoms with van der Waals surface area (Å²) in [5, 5.41) is 0. The molecular formula is C14H28N2O. The molecule has 1 saturated heterocycles. The van der Waals surface area contributed by atoms with Gasteiger partial charge in [-0.3, -0.25) is 4.90 Å². The second-order valence-electron chi connectivity index (χ2n) is 6.80. The lowest BCUT2D eigenvalue weighted by Crippen LogP contribution is -2.54. The summed E-state index contributed by atoms with van der Waals surface area (Å²) >= 11 is 0. The average molecular weight is 240 g/mol. The third-order valence-electron chi connectivity index (χ3n) is 4.36. The highest BCUT2D eigenvalue weighted by Crippen LogP contribution is 2.42. The van der Waals surface area contributed by atoms with Crippen molar-refractivity contribution in [2.45, 2.75) is 76.7 Å². The molecule has 2 aliphatic rings. The molecule has 2 rings (SSSR count). The molecule has 0 aromatic rings. The molecule has 0 bridgehead atoms. The van der Waals surface area contributed by atoms with Crippen LogP contribution in [-0.4, -0.2) is 41.3 Å². The summed E-state index contributed by atoms with van der Waals surface area (Å²) in [7, 11) is 0. The van der Waals surface area contributed by atoms with Crippen LogP contribution < -0.4 is 5.73 Å². The third kappa shape index (κ3) is 2.67. The third-order valence-corrected chi connectivity index (χ3v) is 4.36. The van der Waals surface area contributed by atoms with Gasteiger partial charge in [-0.15, -0.1) is 0 Å². The van der Waals surface area contributed by atoms with E-state index in [0.717, 1.165) is 25.6 Å². The van der Waals surface area contributed by atoms with E-state index in [2.05, 4.69) is 32.6 Å². The molecule has 100 valence electrons. The molecule has 1 aliphatic carbocycles. The van der Waals surface area contributed by atoms with Crippen molar-refractivity contribution < 1.29 is 4.74 Å². The van der Waals surface area contributed by atoms with Crippen molar-refractivity contribution in [3.05, 3.63) is 0 Å². The maximum absolute atomic E-state index is 6.21. The molecule has 0 amide bonds. The minimum Gasteiger partial charge on any atom is -0.368 e. The maximum Gasteiger partial charge on any atom is 0.0789 e. The number of nitrogens with zero attached hydrogens (tertiary/aromatic N) is 1. The first-order chi connectivity index (χ1) is 7.86. The van der Waals surface area contributed by atoms with E-state index >= 15 is 0 Å². The van der Waals surface area contributed by atoms with Gasteiger partial charge in [0.15, 0.2) is 0 Å². The normalized spacial score (nSPS) is 31.8. The molecule has 17 heavy (non-hydrogen) atoms. The van der Waals surface area contributed by atoms with Gasteiger partial charge in [0.05, 0.1) is 11.2 Å². The van der Waals surface area contributed by atoms with E-state index in [-0.39, 0.29) is 11.2 Å². The first-order valence-electron chi connectivity index (χ1n) is 7.02. The number of ether oxygens (including phenoxy) is 1. The molecule has 1 heterocycles. The van der Waals surface area contributed by atoms with Gasteiger partial charge in [-0.1, -0.05) is 6.42 Å². The van der Waals surface area contributed by atoms with Crippen LogP contribution in [0.15, 0.2) is 0 Å². The van der Waals surface area contributed by atoms with E-state index in [1.54, 1.807) is 0 Å². The lowest BCUT2D eigenvalue weighted by atomic mass is 9.85. The topological polar surface area (TPSA) is 38.5 Å². The predicted octanol–water partition coefficient (Wildman–Crippen LogP) is 2.15. The fourth-order valence-corrected chi connectivity index (χ4v) is 3.51. The zero-order valence-corrected chi connectivity index (χ0v) is 11.8. The summed E-state index contributed by atoms with van der Waals surface area (Å²) in [5.74, 6) is 0. The van der Waals surface area contributed by atoms with E-state index in [0.29, 0.717) is 6.04 Å². The molecular weight excluding hydrogens is 212 g/mol. The van der Waals surface area contributed by atoms with Gasteiger partial charge in [-0.2, -0.15) is 0 Å². The average Bonchev–Trinajstić information content (AvgIpc) is 2.30. The maximum atomic E-state index is 6.21. The predicted molar refractivity (Wildman–Crippen MR) is 71.0 cm³/mol. The molecule has 0 spiro atoms.